The number of ether oxygens (including phenoxy) is 2. The molecule has 1 aliphatic rings. The van der Waals surface area contributed by atoms with Gasteiger partial charge in [-0.25, -0.2) is 4.39 Å². The molecule has 0 spiro atoms. The van der Waals surface area contributed by atoms with E-state index in [9.17, 15) is 9.18 Å². The van der Waals surface area contributed by atoms with Crippen LogP contribution in [0.25, 0.3) is 0 Å². The number of aryl methyl sites for hydroxylation is 1. The predicted octanol–water partition coefficient (Wildman–Crippen LogP) is 3.77. The van der Waals surface area contributed by atoms with Gasteiger partial charge in [-0.15, -0.1) is 0 Å². The first kappa shape index (κ1) is 21.4. The first-order chi connectivity index (χ1) is 14.0. The molecule has 1 fully saturated rings. The summed E-state index contributed by atoms with van der Waals surface area (Å²) in [7, 11) is 3.24. The van der Waals surface area contributed by atoms with Crippen molar-refractivity contribution in [1.29, 1.82) is 0 Å². The molecule has 0 bridgehead atoms. The Labute approximate surface area is 176 Å². The van der Waals surface area contributed by atoms with E-state index in [1.54, 1.807) is 26.4 Å². The van der Waals surface area contributed by atoms with Crippen LogP contribution in [-0.4, -0.2) is 56.1 Å². The van der Waals surface area contributed by atoms with Crippen molar-refractivity contribution in [1.82, 2.24) is 9.80 Å². The number of amides is 1. The van der Waals surface area contributed by atoms with Crippen molar-refractivity contribution in [3.8, 4) is 11.5 Å². The molecule has 2 aromatic rings. The molecule has 0 atom stereocenters. The molecule has 0 aromatic heterocycles. The first-order valence-corrected chi connectivity index (χ1v) is 10.0. The van der Waals surface area contributed by atoms with Crippen LogP contribution in [-0.2, 0) is 17.8 Å². The minimum atomic E-state index is -0.289. The summed E-state index contributed by atoms with van der Waals surface area (Å²) in [5.74, 6) is 1.32. The zero-order chi connectivity index (χ0) is 20.8. The third-order valence-corrected chi connectivity index (χ3v) is 5.62. The van der Waals surface area contributed by atoms with Crippen LogP contribution in [0, 0.1) is 5.82 Å². The highest BCUT2D eigenvalue weighted by Gasteiger charge is 2.22. The number of piperazine rings is 1. The molecule has 1 aliphatic heterocycles. The largest absolute Gasteiger partial charge is 0.497 e. The summed E-state index contributed by atoms with van der Waals surface area (Å²) in [6, 6.07) is 10.3. The van der Waals surface area contributed by atoms with Gasteiger partial charge in [0.15, 0.2) is 0 Å². The van der Waals surface area contributed by atoms with Crippen LogP contribution < -0.4 is 9.47 Å². The normalized spacial score (nSPS) is 14.7. The first-order valence-electron chi connectivity index (χ1n) is 9.65. The van der Waals surface area contributed by atoms with E-state index < -0.39 is 0 Å². The standard InChI is InChI=1S/C22H26ClFN2O3/c1-28-17-7-8-21(29-2)16(14-17)6-9-22(27)26-12-10-25(11-13-26)15-18-19(23)4-3-5-20(18)24/h3-5,7-8,14H,6,9-13,15H2,1-2H3. The van der Waals surface area contributed by atoms with E-state index in [1.165, 1.54) is 6.07 Å². The van der Waals surface area contributed by atoms with Gasteiger partial charge in [0.05, 0.1) is 14.2 Å². The molecule has 1 amide bonds. The van der Waals surface area contributed by atoms with E-state index in [0.717, 1.165) is 17.1 Å². The minimum absolute atomic E-state index is 0.110. The van der Waals surface area contributed by atoms with Gasteiger partial charge in [-0.05, 0) is 42.3 Å². The Hall–Kier alpha value is -2.31. The number of rotatable bonds is 7. The fourth-order valence-corrected chi connectivity index (χ4v) is 3.76. The van der Waals surface area contributed by atoms with E-state index in [-0.39, 0.29) is 11.7 Å². The van der Waals surface area contributed by atoms with Crippen LogP contribution in [0.15, 0.2) is 36.4 Å². The predicted molar refractivity (Wildman–Crippen MR) is 111 cm³/mol. The number of hydrogen-bond acceptors (Lipinski definition) is 4. The van der Waals surface area contributed by atoms with Gasteiger partial charge in [0, 0.05) is 49.7 Å². The molecule has 0 radical (unpaired) electrons. The van der Waals surface area contributed by atoms with Crippen LogP contribution in [0.3, 0.4) is 0 Å². The molecule has 156 valence electrons. The van der Waals surface area contributed by atoms with Gasteiger partial charge < -0.3 is 14.4 Å². The molecular weight excluding hydrogens is 395 g/mol. The molecular formula is C22H26ClFN2O3. The van der Waals surface area contributed by atoms with Gasteiger partial charge in [0.2, 0.25) is 5.91 Å². The van der Waals surface area contributed by atoms with Crippen LogP contribution in [0.1, 0.15) is 17.5 Å². The fourth-order valence-electron chi connectivity index (χ4n) is 3.54. The third-order valence-electron chi connectivity index (χ3n) is 5.26. The average Bonchev–Trinajstić information content (AvgIpc) is 2.75. The highest BCUT2D eigenvalue weighted by atomic mass is 35.5. The van der Waals surface area contributed by atoms with Gasteiger partial charge in [0.25, 0.3) is 0 Å². The SMILES string of the molecule is COc1ccc(OC)c(CCC(=O)N2CCN(Cc3c(F)cccc3Cl)CC2)c1. The monoisotopic (exact) mass is 420 g/mol. The van der Waals surface area contributed by atoms with Crippen LogP contribution >= 0.6 is 11.6 Å². The van der Waals surface area contributed by atoms with Crippen molar-refractivity contribution >= 4 is 17.5 Å². The lowest BCUT2D eigenvalue weighted by Crippen LogP contribution is -2.48. The number of benzene rings is 2. The second-order valence-electron chi connectivity index (χ2n) is 7.03. The van der Waals surface area contributed by atoms with E-state index in [0.29, 0.717) is 56.2 Å². The van der Waals surface area contributed by atoms with Crippen LogP contribution in [0.5, 0.6) is 11.5 Å². The second-order valence-corrected chi connectivity index (χ2v) is 7.44. The number of halogens is 2. The maximum absolute atomic E-state index is 14.0. The molecule has 0 saturated carbocycles. The number of carbonyl (C=O) groups is 1. The van der Waals surface area contributed by atoms with Gasteiger partial charge in [-0.3, -0.25) is 9.69 Å². The number of hydrogen-bond donors (Lipinski definition) is 0. The van der Waals surface area contributed by atoms with Crippen LogP contribution in [0.2, 0.25) is 5.02 Å². The molecule has 1 saturated heterocycles. The Balaban J connectivity index is 1.52. The molecule has 2 aromatic carbocycles. The number of methoxy groups -OCH3 is 2. The summed E-state index contributed by atoms with van der Waals surface area (Å²) in [6.45, 7) is 3.09. The Morgan fingerprint density at radius 1 is 1.10 bits per heavy atom. The highest BCUT2D eigenvalue weighted by molar-refractivity contribution is 6.31. The second kappa shape index (κ2) is 9.94. The summed E-state index contributed by atoms with van der Waals surface area (Å²) in [6.07, 6.45) is 0.993. The molecule has 5 nitrogen and oxygen atoms in total. The van der Waals surface area contributed by atoms with Crippen molar-refractivity contribution in [3.63, 3.8) is 0 Å². The topological polar surface area (TPSA) is 42.0 Å². The Bertz CT molecular complexity index is 834. The van der Waals surface area contributed by atoms with E-state index >= 15 is 0 Å². The molecule has 7 heteroatoms. The summed E-state index contributed by atoms with van der Waals surface area (Å²) in [4.78, 5) is 16.6. The smallest absolute Gasteiger partial charge is 0.222 e. The van der Waals surface area contributed by atoms with Crippen molar-refractivity contribution < 1.29 is 18.7 Å². The Morgan fingerprint density at radius 2 is 1.86 bits per heavy atom. The zero-order valence-corrected chi connectivity index (χ0v) is 17.5. The Morgan fingerprint density at radius 3 is 2.52 bits per heavy atom. The van der Waals surface area contributed by atoms with E-state index in [1.807, 2.05) is 23.1 Å². The lowest BCUT2D eigenvalue weighted by Gasteiger charge is -2.35. The third kappa shape index (κ3) is 5.40. The van der Waals surface area contributed by atoms with Gasteiger partial charge >= 0.3 is 0 Å². The lowest BCUT2D eigenvalue weighted by atomic mass is 10.1. The molecule has 3 rings (SSSR count). The highest BCUT2D eigenvalue weighted by Crippen LogP contribution is 2.26. The average molecular weight is 421 g/mol. The van der Waals surface area contributed by atoms with Crippen molar-refractivity contribution in [2.24, 2.45) is 0 Å². The summed E-state index contributed by atoms with van der Waals surface area (Å²) in [5.41, 5.74) is 1.46. The van der Waals surface area contributed by atoms with E-state index in [2.05, 4.69) is 4.90 Å². The quantitative estimate of drug-likeness (QED) is 0.683. The Kier molecular flexibility index (Phi) is 7.34. The number of carbonyl (C=O) groups excluding carboxylic acids is 1. The maximum atomic E-state index is 14.0. The number of nitrogens with zero attached hydrogens (tertiary/aromatic N) is 2. The molecule has 0 N–H and O–H groups in total. The zero-order valence-electron chi connectivity index (χ0n) is 16.8. The van der Waals surface area contributed by atoms with Crippen molar-refractivity contribution in [3.05, 3.63) is 58.4 Å². The molecule has 0 aliphatic carbocycles. The van der Waals surface area contributed by atoms with Crippen LogP contribution in [0.4, 0.5) is 4.39 Å². The maximum Gasteiger partial charge on any atom is 0.222 e. The van der Waals surface area contributed by atoms with Crippen molar-refractivity contribution in [2.45, 2.75) is 19.4 Å². The van der Waals surface area contributed by atoms with Gasteiger partial charge in [0.1, 0.15) is 17.3 Å². The lowest BCUT2D eigenvalue weighted by molar-refractivity contribution is -0.133. The summed E-state index contributed by atoms with van der Waals surface area (Å²) in [5, 5.41) is 0.441. The summed E-state index contributed by atoms with van der Waals surface area (Å²) >= 11 is 6.12. The van der Waals surface area contributed by atoms with Gasteiger partial charge in [-0.2, -0.15) is 0 Å². The van der Waals surface area contributed by atoms with E-state index in [4.69, 9.17) is 21.1 Å². The molecule has 1 heterocycles. The molecule has 29 heavy (non-hydrogen) atoms. The minimum Gasteiger partial charge on any atom is -0.497 e. The fraction of sp³-hybridized carbons (Fsp3) is 0.409. The summed E-state index contributed by atoms with van der Waals surface area (Å²) < 4.78 is 24.6. The van der Waals surface area contributed by atoms with Gasteiger partial charge in [-0.1, -0.05) is 17.7 Å². The molecule has 0 unspecified atom stereocenters. The van der Waals surface area contributed by atoms with Crippen molar-refractivity contribution in [2.75, 3.05) is 40.4 Å².